The van der Waals surface area contributed by atoms with E-state index in [1.54, 1.807) is 0 Å². The molecule has 1 aromatic carbocycles. The third kappa shape index (κ3) is 3.82. The number of nitrogens with one attached hydrogen (secondary N) is 1. The Morgan fingerprint density at radius 1 is 1.18 bits per heavy atom. The van der Waals surface area contributed by atoms with Gasteiger partial charge in [-0.1, -0.05) is 18.2 Å². The minimum Gasteiger partial charge on any atom is -0.485 e. The quantitative estimate of drug-likeness (QED) is 0.787. The normalized spacial score (nSPS) is 21.1. The molecule has 0 aromatic heterocycles. The predicted molar refractivity (Wildman–Crippen MR) is 99.6 cm³/mol. The molecule has 1 spiro atoms. The van der Waals surface area contributed by atoms with Crippen LogP contribution in [0.1, 0.15) is 31.2 Å². The van der Waals surface area contributed by atoms with Crippen LogP contribution in [0.2, 0.25) is 0 Å². The summed E-state index contributed by atoms with van der Waals surface area (Å²) in [7, 11) is 0. The van der Waals surface area contributed by atoms with Crippen LogP contribution >= 0.6 is 0 Å². The zero-order valence-corrected chi connectivity index (χ0v) is 15.8. The standard InChI is InChI=1S/C20H25N3O5/c24-17(6-3-9-23-18(25)12-21-19(23)26)22-13-15-4-1-2-5-16(15)28-20(14-22)7-10-27-11-8-20/h1-2,4-5H,3,6-14H2,(H,21,26). The van der Waals surface area contributed by atoms with Crippen LogP contribution in [-0.2, 0) is 20.9 Å². The average molecular weight is 387 g/mol. The zero-order chi connectivity index (χ0) is 19.6. The van der Waals surface area contributed by atoms with E-state index in [0.29, 0.717) is 32.7 Å². The van der Waals surface area contributed by atoms with Crippen molar-refractivity contribution in [2.24, 2.45) is 0 Å². The van der Waals surface area contributed by atoms with Gasteiger partial charge >= 0.3 is 6.03 Å². The molecule has 0 aliphatic carbocycles. The van der Waals surface area contributed by atoms with Gasteiger partial charge in [0.1, 0.15) is 11.4 Å². The van der Waals surface area contributed by atoms with E-state index >= 15 is 0 Å². The minimum atomic E-state index is -0.425. The highest BCUT2D eigenvalue weighted by atomic mass is 16.5. The second kappa shape index (κ2) is 7.79. The lowest BCUT2D eigenvalue weighted by atomic mass is 9.93. The molecule has 0 bridgehead atoms. The summed E-state index contributed by atoms with van der Waals surface area (Å²) in [5.74, 6) is 0.605. The first-order valence-corrected chi connectivity index (χ1v) is 9.77. The number of ether oxygens (including phenoxy) is 2. The lowest BCUT2D eigenvalue weighted by Crippen LogP contribution is -2.50. The molecule has 3 aliphatic heterocycles. The highest BCUT2D eigenvalue weighted by Crippen LogP contribution is 2.35. The molecular weight excluding hydrogens is 362 g/mol. The van der Waals surface area contributed by atoms with Crippen LogP contribution in [0.15, 0.2) is 24.3 Å². The van der Waals surface area contributed by atoms with Crippen LogP contribution in [0, 0.1) is 0 Å². The summed E-state index contributed by atoms with van der Waals surface area (Å²) in [6, 6.07) is 7.46. The van der Waals surface area contributed by atoms with Gasteiger partial charge in [-0.25, -0.2) is 4.79 Å². The van der Waals surface area contributed by atoms with E-state index in [-0.39, 0.29) is 37.4 Å². The van der Waals surface area contributed by atoms with Crippen LogP contribution in [0.4, 0.5) is 4.79 Å². The Labute approximate surface area is 163 Å². The highest BCUT2D eigenvalue weighted by Gasteiger charge is 2.40. The van der Waals surface area contributed by atoms with E-state index in [1.807, 2.05) is 29.2 Å². The number of fused-ring (bicyclic) bond motifs is 1. The molecule has 4 rings (SSSR count). The molecule has 150 valence electrons. The topological polar surface area (TPSA) is 88.2 Å². The summed E-state index contributed by atoms with van der Waals surface area (Å²) in [5.41, 5.74) is 0.569. The second-order valence-electron chi connectivity index (χ2n) is 7.56. The molecule has 0 unspecified atom stereocenters. The van der Waals surface area contributed by atoms with Crippen molar-refractivity contribution in [3.05, 3.63) is 29.8 Å². The fraction of sp³-hybridized carbons (Fsp3) is 0.550. The Kier molecular flexibility index (Phi) is 5.21. The first-order chi connectivity index (χ1) is 13.6. The third-order valence-electron chi connectivity index (χ3n) is 5.61. The molecule has 8 heteroatoms. The molecule has 0 saturated carbocycles. The smallest absolute Gasteiger partial charge is 0.324 e. The number of imide groups is 1. The van der Waals surface area contributed by atoms with Gasteiger partial charge in [-0.3, -0.25) is 14.5 Å². The van der Waals surface area contributed by atoms with Crippen LogP contribution in [0.5, 0.6) is 5.75 Å². The maximum Gasteiger partial charge on any atom is 0.324 e. The van der Waals surface area contributed by atoms with Crippen molar-refractivity contribution in [1.82, 2.24) is 15.1 Å². The number of carbonyl (C=O) groups is 3. The number of benzene rings is 1. The summed E-state index contributed by atoms with van der Waals surface area (Å²) >= 11 is 0. The number of rotatable bonds is 4. The zero-order valence-electron chi connectivity index (χ0n) is 15.8. The number of hydrogen-bond acceptors (Lipinski definition) is 5. The molecule has 0 atom stereocenters. The molecule has 3 aliphatic rings. The Morgan fingerprint density at radius 3 is 2.71 bits per heavy atom. The fourth-order valence-electron chi connectivity index (χ4n) is 4.02. The van der Waals surface area contributed by atoms with E-state index in [1.165, 1.54) is 4.90 Å². The van der Waals surface area contributed by atoms with Gasteiger partial charge in [-0.05, 0) is 12.5 Å². The summed E-state index contributed by atoms with van der Waals surface area (Å²) in [6.07, 6.45) is 2.22. The van der Waals surface area contributed by atoms with E-state index < -0.39 is 5.60 Å². The number of para-hydroxylation sites is 1. The monoisotopic (exact) mass is 387 g/mol. The van der Waals surface area contributed by atoms with Crippen molar-refractivity contribution in [2.75, 3.05) is 32.8 Å². The number of nitrogens with zero attached hydrogens (tertiary/aromatic N) is 2. The van der Waals surface area contributed by atoms with Crippen molar-refractivity contribution >= 4 is 17.8 Å². The lowest BCUT2D eigenvalue weighted by Gasteiger charge is -2.39. The molecule has 2 fully saturated rings. The van der Waals surface area contributed by atoms with Crippen molar-refractivity contribution in [2.45, 2.75) is 37.8 Å². The first kappa shape index (κ1) is 18.7. The van der Waals surface area contributed by atoms with E-state index in [9.17, 15) is 14.4 Å². The molecule has 3 heterocycles. The van der Waals surface area contributed by atoms with Crippen LogP contribution < -0.4 is 10.1 Å². The Balaban J connectivity index is 1.44. The lowest BCUT2D eigenvalue weighted by molar-refractivity contribution is -0.137. The first-order valence-electron chi connectivity index (χ1n) is 9.77. The third-order valence-corrected chi connectivity index (χ3v) is 5.61. The van der Waals surface area contributed by atoms with Crippen molar-refractivity contribution < 1.29 is 23.9 Å². The van der Waals surface area contributed by atoms with Gasteiger partial charge in [0.2, 0.25) is 11.8 Å². The second-order valence-corrected chi connectivity index (χ2v) is 7.56. The van der Waals surface area contributed by atoms with Crippen molar-refractivity contribution in [3.63, 3.8) is 0 Å². The van der Waals surface area contributed by atoms with Crippen LogP contribution in [0.3, 0.4) is 0 Å². The fourth-order valence-corrected chi connectivity index (χ4v) is 4.02. The van der Waals surface area contributed by atoms with Crippen molar-refractivity contribution in [1.29, 1.82) is 0 Å². The Hall–Kier alpha value is -2.61. The average Bonchev–Trinajstić information content (AvgIpc) is 2.92. The summed E-state index contributed by atoms with van der Waals surface area (Å²) in [6.45, 7) is 2.56. The summed E-state index contributed by atoms with van der Waals surface area (Å²) in [5, 5.41) is 2.49. The number of amides is 4. The van der Waals surface area contributed by atoms with Gasteiger partial charge in [0.15, 0.2) is 0 Å². The molecule has 28 heavy (non-hydrogen) atoms. The van der Waals surface area contributed by atoms with Gasteiger partial charge < -0.3 is 19.7 Å². The molecule has 2 saturated heterocycles. The molecular formula is C20H25N3O5. The van der Waals surface area contributed by atoms with Gasteiger partial charge in [-0.2, -0.15) is 0 Å². The predicted octanol–water partition coefficient (Wildman–Crippen LogP) is 1.29. The van der Waals surface area contributed by atoms with Gasteiger partial charge in [0.05, 0.1) is 26.3 Å². The van der Waals surface area contributed by atoms with Crippen LogP contribution in [-0.4, -0.2) is 66.1 Å². The van der Waals surface area contributed by atoms with Crippen LogP contribution in [0.25, 0.3) is 0 Å². The number of carbonyl (C=O) groups excluding carboxylic acids is 3. The van der Waals surface area contributed by atoms with Gasteiger partial charge in [0, 0.05) is 37.9 Å². The van der Waals surface area contributed by atoms with Gasteiger partial charge in [0.25, 0.3) is 0 Å². The molecule has 1 N–H and O–H groups in total. The molecule has 1 aromatic rings. The number of urea groups is 1. The number of hydrogen-bond donors (Lipinski definition) is 1. The minimum absolute atomic E-state index is 0.0122. The molecule has 4 amide bonds. The Bertz CT molecular complexity index is 759. The summed E-state index contributed by atoms with van der Waals surface area (Å²) < 4.78 is 11.9. The maximum atomic E-state index is 13.0. The van der Waals surface area contributed by atoms with E-state index in [4.69, 9.17) is 9.47 Å². The molecule has 0 radical (unpaired) electrons. The van der Waals surface area contributed by atoms with E-state index in [2.05, 4.69) is 5.32 Å². The summed E-state index contributed by atoms with van der Waals surface area (Å²) in [4.78, 5) is 39.3. The molecule has 8 nitrogen and oxygen atoms in total. The Morgan fingerprint density at radius 2 is 1.96 bits per heavy atom. The highest BCUT2D eigenvalue weighted by molar-refractivity contribution is 6.01. The maximum absolute atomic E-state index is 13.0. The SMILES string of the molecule is O=C(CCCN1C(=O)CNC1=O)N1Cc2ccccc2OC2(CCOCC2)C1. The van der Waals surface area contributed by atoms with Crippen molar-refractivity contribution in [3.8, 4) is 5.75 Å². The van der Waals surface area contributed by atoms with E-state index in [0.717, 1.165) is 24.2 Å². The van der Waals surface area contributed by atoms with Gasteiger partial charge in [-0.15, -0.1) is 0 Å². The largest absolute Gasteiger partial charge is 0.485 e.